The summed E-state index contributed by atoms with van der Waals surface area (Å²) in [5.74, 6) is -2.34. The van der Waals surface area contributed by atoms with Crippen LogP contribution in [0, 0.1) is 50.2 Å². The van der Waals surface area contributed by atoms with E-state index in [2.05, 4.69) is 46.0 Å². The van der Waals surface area contributed by atoms with Crippen molar-refractivity contribution in [3.05, 3.63) is 11.6 Å². The minimum Gasteiger partial charge on any atom is -0.479 e. The van der Waals surface area contributed by atoms with Gasteiger partial charge in [-0.15, -0.1) is 0 Å². The van der Waals surface area contributed by atoms with E-state index in [0.29, 0.717) is 45.1 Å². The van der Waals surface area contributed by atoms with Gasteiger partial charge in [-0.05, 0) is 97.2 Å². The van der Waals surface area contributed by atoms with Crippen molar-refractivity contribution in [1.82, 2.24) is 5.32 Å². The minimum atomic E-state index is -2.14. The topological polar surface area (TPSA) is 347 Å². The van der Waals surface area contributed by atoms with Crippen LogP contribution in [-0.4, -0.2) is 194 Å². The van der Waals surface area contributed by atoms with Gasteiger partial charge in [0.05, 0.1) is 48.5 Å². The van der Waals surface area contributed by atoms with Crippen LogP contribution in [0.3, 0.4) is 0 Å². The molecule has 0 aromatic carbocycles. The van der Waals surface area contributed by atoms with Crippen molar-refractivity contribution in [3.8, 4) is 0 Å². The van der Waals surface area contributed by atoms with Gasteiger partial charge in [0.1, 0.15) is 55.1 Å². The van der Waals surface area contributed by atoms with Gasteiger partial charge in [-0.3, -0.25) is 4.79 Å². The second-order valence-electron chi connectivity index (χ2n) is 23.9. The average Bonchev–Trinajstić information content (AvgIpc) is 3.32. The summed E-state index contributed by atoms with van der Waals surface area (Å²) in [6, 6.07) is 0. The predicted molar refractivity (Wildman–Crippen MR) is 246 cm³/mol. The molecule has 4 saturated carbocycles. The van der Waals surface area contributed by atoms with E-state index >= 15 is 0 Å². The maximum atomic E-state index is 14.3. The van der Waals surface area contributed by atoms with Crippen LogP contribution in [0.15, 0.2) is 11.6 Å². The maximum absolute atomic E-state index is 14.3. The van der Waals surface area contributed by atoms with Crippen LogP contribution in [0.4, 0.5) is 0 Å². The molecule has 8 aliphatic rings. The zero-order valence-electron chi connectivity index (χ0n) is 41.7. The molecule has 0 spiro atoms. The number of aliphatic hydroxyl groups excluding tert-OH is 9. The van der Waals surface area contributed by atoms with Gasteiger partial charge >= 0.3 is 5.97 Å². The summed E-state index contributed by atoms with van der Waals surface area (Å²) in [7, 11) is 0. The Kier molecular flexibility index (Phi) is 15.5. The van der Waals surface area contributed by atoms with Crippen LogP contribution >= 0.6 is 0 Å². The number of carboxylic acid groups (broad SMARTS) is 1. The van der Waals surface area contributed by atoms with Gasteiger partial charge in [-0.1, -0.05) is 53.2 Å². The van der Waals surface area contributed by atoms with E-state index in [1.807, 2.05) is 0 Å². The van der Waals surface area contributed by atoms with Gasteiger partial charge in [0.15, 0.2) is 25.0 Å². The molecule has 0 aromatic heterocycles. The second-order valence-corrected chi connectivity index (χ2v) is 23.9. The molecule has 13 N–H and O–H groups in total. The average molecular weight is 1010 g/mol. The molecule has 71 heavy (non-hydrogen) atoms. The predicted octanol–water partition coefficient (Wildman–Crippen LogP) is -1.03. The molecule has 3 aliphatic heterocycles. The van der Waals surface area contributed by atoms with Crippen LogP contribution in [0.2, 0.25) is 0 Å². The quantitative estimate of drug-likeness (QED) is 0.0596. The van der Waals surface area contributed by atoms with E-state index in [1.54, 1.807) is 6.92 Å². The number of hydrogen-bond donors (Lipinski definition) is 12. The molecule has 17 unspecified atom stereocenters. The van der Waals surface area contributed by atoms with Crippen LogP contribution in [0.25, 0.3) is 0 Å². The molecule has 21 nitrogen and oxygen atoms in total. The Hall–Kier alpha value is -2.29. The van der Waals surface area contributed by atoms with Crippen molar-refractivity contribution < 1.29 is 93.9 Å². The fourth-order valence-corrected chi connectivity index (χ4v) is 15.4. The third-order valence-corrected chi connectivity index (χ3v) is 19.6. The SMILES string of the molecule is CC1(C)CC[C@]2(C(=O)NCCN)C(O)CC3(C)C(=CCC4C5(C)CC[C@H](O[C@@H]6OC(C(=O)O)[C@@H](O)C(O[C@@H]7OC(CO)CC(O)C7O)C6O[C@@H]6OC(CO)[C@H](O)C(O)C6O)C(C)(C=O)C5CCC43C)C2C1. The van der Waals surface area contributed by atoms with Crippen molar-refractivity contribution in [2.45, 2.75) is 204 Å². The van der Waals surface area contributed by atoms with Crippen LogP contribution in [-0.2, 0) is 42.8 Å². The van der Waals surface area contributed by atoms with Crippen molar-refractivity contribution >= 4 is 18.2 Å². The lowest BCUT2D eigenvalue weighted by atomic mass is 9.33. The monoisotopic (exact) mass is 1010 g/mol. The lowest BCUT2D eigenvalue weighted by Gasteiger charge is -2.71. The third kappa shape index (κ3) is 8.85. The summed E-state index contributed by atoms with van der Waals surface area (Å²) in [5, 5.41) is 112. The molecule has 3 saturated heterocycles. The summed E-state index contributed by atoms with van der Waals surface area (Å²) >= 11 is 0. The van der Waals surface area contributed by atoms with E-state index in [4.69, 9.17) is 34.2 Å². The molecular formula is C50H80N2O19. The highest BCUT2D eigenvalue weighted by atomic mass is 16.8. The number of fused-ring (bicyclic) bond motifs is 7. The van der Waals surface area contributed by atoms with Crippen molar-refractivity contribution in [2.24, 2.45) is 56.0 Å². The lowest BCUT2D eigenvalue weighted by molar-refractivity contribution is -0.392. The minimum absolute atomic E-state index is 0.00243. The van der Waals surface area contributed by atoms with Gasteiger partial charge in [-0.2, -0.15) is 0 Å². The Labute approximate surface area is 414 Å². The Morgan fingerprint density at radius 3 is 2.11 bits per heavy atom. The summed E-state index contributed by atoms with van der Waals surface area (Å²) < 4.78 is 36.4. The van der Waals surface area contributed by atoms with Crippen LogP contribution < -0.4 is 11.1 Å². The number of aliphatic carboxylic acids is 1. The fourth-order valence-electron chi connectivity index (χ4n) is 15.4. The number of nitrogens with one attached hydrogen (secondary N) is 1. The smallest absolute Gasteiger partial charge is 0.335 e. The highest BCUT2D eigenvalue weighted by Crippen LogP contribution is 2.76. The molecule has 5 aliphatic carbocycles. The first-order valence-electron chi connectivity index (χ1n) is 25.6. The number of ether oxygens (including phenoxy) is 6. The zero-order valence-corrected chi connectivity index (χ0v) is 41.7. The fraction of sp³-hybridized carbons (Fsp3) is 0.900. The van der Waals surface area contributed by atoms with Crippen molar-refractivity contribution in [2.75, 3.05) is 26.3 Å². The molecule has 404 valence electrons. The number of aldehydes is 1. The largest absolute Gasteiger partial charge is 0.479 e. The van der Waals surface area contributed by atoms with Gasteiger partial charge in [0, 0.05) is 19.5 Å². The third-order valence-electron chi connectivity index (χ3n) is 19.6. The Bertz CT molecular complexity index is 1990. The molecular weight excluding hydrogens is 933 g/mol. The number of nitrogens with two attached hydrogens (primary N) is 1. The zero-order chi connectivity index (χ0) is 52.0. The molecule has 24 atom stereocenters. The second kappa shape index (κ2) is 20.0. The van der Waals surface area contributed by atoms with E-state index in [0.717, 1.165) is 19.1 Å². The first kappa shape index (κ1) is 55.0. The van der Waals surface area contributed by atoms with Gasteiger partial charge in [0.2, 0.25) is 5.91 Å². The van der Waals surface area contributed by atoms with Crippen molar-refractivity contribution in [3.63, 3.8) is 0 Å². The van der Waals surface area contributed by atoms with E-state index in [9.17, 15) is 65.4 Å². The molecule has 0 bridgehead atoms. The molecule has 1 amide bonds. The number of carbonyl (C=O) groups excluding carboxylic acids is 2. The molecule has 3 heterocycles. The van der Waals surface area contributed by atoms with E-state index in [1.165, 1.54) is 5.57 Å². The van der Waals surface area contributed by atoms with E-state index in [-0.39, 0.29) is 53.9 Å². The Balaban J connectivity index is 1.13. The normalized spacial score (nSPS) is 51.6. The Morgan fingerprint density at radius 2 is 1.46 bits per heavy atom. The first-order valence-corrected chi connectivity index (χ1v) is 25.6. The number of carbonyl (C=O) groups is 3. The summed E-state index contributed by atoms with van der Waals surface area (Å²) in [4.78, 5) is 41.0. The summed E-state index contributed by atoms with van der Waals surface area (Å²) in [6.07, 6.45) is -18.9. The highest BCUT2D eigenvalue weighted by Gasteiger charge is 2.72. The number of rotatable bonds is 13. The Morgan fingerprint density at radius 1 is 0.775 bits per heavy atom. The van der Waals surface area contributed by atoms with E-state index < -0.39 is 139 Å². The highest BCUT2D eigenvalue weighted by molar-refractivity contribution is 5.85. The molecule has 8 rings (SSSR count). The standard InChI is InChI=1S/C50H80N2O19/c1-45(2)13-14-50(44(65)52-16-15-51)25(18-45)24-7-8-29-46(3)11-10-31(47(4,22-55)28(46)9-12-48(29,5)49(24,6)19-30(50)57)68-43-39(71-42-35(61)34(60)33(59)27(21-54)67-42)37(36(62)38(70-43)40(63)64)69-41-32(58)26(56)17-23(20-53)66-41/h7,22-23,25-39,41-43,53-54,56-62H,8-21,51H2,1-6H3,(H,52,65)(H,63,64)/t23?,25?,26?,27?,28?,29?,30?,31-,32?,33-,34?,35?,36-,37?,38?,39?,41-,42-,43+,46?,47?,48?,49?,50+/m0/s1. The lowest BCUT2D eigenvalue weighted by Crippen LogP contribution is -2.69. The number of aliphatic hydroxyl groups is 9. The molecule has 0 aromatic rings. The number of amides is 1. The van der Waals surface area contributed by atoms with Gasteiger partial charge in [0.25, 0.3) is 0 Å². The molecule has 0 radical (unpaired) electrons. The first-order chi connectivity index (χ1) is 33.3. The van der Waals surface area contributed by atoms with Crippen LogP contribution in [0.5, 0.6) is 0 Å². The van der Waals surface area contributed by atoms with Gasteiger partial charge < -0.3 is 95.3 Å². The molecule has 7 fully saturated rings. The van der Waals surface area contributed by atoms with Gasteiger partial charge in [-0.25, -0.2) is 4.79 Å². The van der Waals surface area contributed by atoms with Crippen molar-refractivity contribution in [1.29, 1.82) is 0 Å². The van der Waals surface area contributed by atoms with Crippen LogP contribution in [0.1, 0.15) is 106 Å². The number of hydrogen-bond acceptors (Lipinski definition) is 19. The summed E-state index contributed by atoms with van der Waals surface area (Å²) in [5.41, 5.74) is 3.30. The number of allylic oxidation sites excluding steroid dienone is 2. The summed E-state index contributed by atoms with van der Waals surface area (Å²) in [6.45, 7) is 12.2. The number of carboxylic acids is 1. The maximum Gasteiger partial charge on any atom is 0.335 e. The molecule has 21 heteroatoms.